The fourth-order valence-electron chi connectivity index (χ4n) is 1.91. The first kappa shape index (κ1) is 12.6. The molecule has 0 unspecified atom stereocenters. The van der Waals surface area contributed by atoms with Crippen molar-refractivity contribution in [1.82, 2.24) is 0 Å². The molecule has 0 spiro atoms. The molecule has 0 radical (unpaired) electrons. The minimum absolute atomic E-state index is 0.217. The van der Waals surface area contributed by atoms with Crippen molar-refractivity contribution in [3.05, 3.63) is 66.0 Å². The van der Waals surface area contributed by atoms with Crippen molar-refractivity contribution in [3.63, 3.8) is 0 Å². The maximum Gasteiger partial charge on any atom is 0.123 e. The van der Waals surface area contributed by atoms with Crippen molar-refractivity contribution >= 4 is 5.69 Å². The molecule has 2 aromatic rings. The van der Waals surface area contributed by atoms with Crippen LogP contribution in [0.25, 0.3) is 0 Å². The molecule has 0 amide bonds. The van der Waals surface area contributed by atoms with E-state index in [9.17, 15) is 4.39 Å². The zero-order valence-electron chi connectivity index (χ0n) is 10.2. The SMILES string of the molecule is NCCN(Cc1ccccc1)c1ccc(F)cc1. The van der Waals surface area contributed by atoms with Crippen LogP contribution in [0.1, 0.15) is 5.56 Å². The molecule has 0 atom stereocenters. The number of hydrogen-bond acceptors (Lipinski definition) is 2. The smallest absolute Gasteiger partial charge is 0.123 e. The molecule has 0 saturated carbocycles. The van der Waals surface area contributed by atoms with Crippen LogP contribution in [0.3, 0.4) is 0 Å². The first-order valence-corrected chi connectivity index (χ1v) is 6.04. The largest absolute Gasteiger partial charge is 0.366 e. The van der Waals surface area contributed by atoms with E-state index in [-0.39, 0.29) is 5.82 Å². The van der Waals surface area contributed by atoms with Crippen molar-refractivity contribution in [2.24, 2.45) is 5.73 Å². The number of nitrogens with zero attached hydrogens (tertiary/aromatic N) is 1. The summed E-state index contributed by atoms with van der Waals surface area (Å²) in [6, 6.07) is 16.7. The number of hydrogen-bond donors (Lipinski definition) is 1. The molecule has 0 aliphatic heterocycles. The Morgan fingerprint density at radius 1 is 0.944 bits per heavy atom. The Balaban J connectivity index is 2.15. The van der Waals surface area contributed by atoms with Gasteiger partial charge in [0.25, 0.3) is 0 Å². The van der Waals surface area contributed by atoms with Gasteiger partial charge < -0.3 is 10.6 Å². The van der Waals surface area contributed by atoms with Gasteiger partial charge in [-0.15, -0.1) is 0 Å². The molecule has 0 aliphatic rings. The van der Waals surface area contributed by atoms with E-state index in [1.165, 1.54) is 17.7 Å². The lowest BCUT2D eigenvalue weighted by molar-refractivity contribution is 0.627. The summed E-state index contributed by atoms with van der Waals surface area (Å²) in [5, 5.41) is 0. The molecule has 18 heavy (non-hydrogen) atoms. The summed E-state index contributed by atoms with van der Waals surface area (Å²) in [7, 11) is 0. The van der Waals surface area contributed by atoms with Crippen molar-refractivity contribution in [1.29, 1.82) is 0 Å². The van der Waals surface area contributed by atoms with Crippen LogP contribution in [-0.2, 0) is 6.54 Å². The van der Waals surface area contributed by atoms with Crippen molar-refractivity contribution in [2.45, 2.75) is 6.54 Å². The zero-order chi connectivity index (χ0) is 12.8. The first-order chi connectivity index (χ1) is 8.79. The highest BCUT2D eigenvalue weighted by Crippen LogP contribution is 2.17. The summed E-state index contributed by atoms with van der Waals surface area (Å²) in [5.41, 5.74) is 7.84. The molecule has 94 valence electrons. The van der Waals surface area contributed by atoms with E-state index in [1.807, 2.05) is 18.2 Å². The van der Waals surface area contributed by atoms with Crippen LogP contribution in [0, 0.1) is 5.82 Å². The first-order valence-electron chi connectivity index (χ1n) is 6.04. The van der Waals surface area contributed by atoms with Gasteiger partial charge in [-0.05, 0) is 29.8 Å². The van der Waals surface area contributed by atoms with Gasteiger partial charge in [-0.2, -0.15) is 0 Å². The highest BCUT2D eigenvalue weighted by Gasteiger charge is 2.06. The third-order valence-electron chi connectivity index (χ3n) is 2.81. The Bertz CT molecular complexity index is 468. The lowest BCUT2D eigenvalue weighted by atomic mass is 10.2. The minimum Gasteiger partial charge on any atom is -0.366 e. The standard InChI is InChI=1S/C15H17FN2/c16-14-6-8-15(9-7-14)18(11-10-17)12-13-4-2-1-3-5-13/h1-9H,10-12,17H2. The molecule has 2 aromatic carbocycles. The summed E-state index contributed by atoms with van der Waals surface area (Å²) in [6.07, 6.45) is 0. The predicted octanol–water partition coefficient (Wildman–Crippen LogP) is 2.79. The molecule has 0 bridgehead atoms. The molecular weight excluding hydrogens is 227 g/mol. The fraction of sp³-hybridized carbons (Fsp3) is 0.200. The highest BCUT2D eigenvalue weighted by molar-refractivity contribution is 5.47. The Kier molecular flexibility index (Phi) is 4.31. The van der Waals surface area contributed by atoms with Gasteiger partial charge in [0, 0.05) is 25.3 Å². The Morgan fingerprint density at radius 3 is 2.22 bits per heavy atom. The quantitative estimate of drug-likeness (QED) is 0.876. The minimum atomic E-state index is -0.217. The topological polar surface area (TPSA) is 29.3 Å². The van der Waals surface area contributed by atoms with Gasteiger partial charge >= 0.3 is 0 Å². The van der Waals surface area contributed by atoms with Gasteiger partial charge in [-0.3, -0.25) is 0 Å². The third kappa shape index (κ3) is 3.31. The number of anilines is 1. The molecule has 3 heteroatoms. The average molecular weight is 244 g/mol. The van der Waals surface area contributed by atoms with Gasteiger partial charge in [0.05, 0.1) is 0 Å². The second kappa shape index (κ2) is 6.17. The monoisotopic (exact) mass is 244 g/mol. The average Bonchev–Trinajstić information content (AvgIpc) is 2.40. The lowest BCUT2D eigenvalue weighted by Gasteiger charge is -2.24. The van der Waals surface area contributed by atoms with Crippen molar-refractivity contribution < 1.29 is 4.39 Å². The molecule has 0 aliphatic carbocycles. The van der Waals surface area contributed by atoms with Crippen LogP contribution < -0.4 is 10.6 Å². The summed E-state index contributed by atoms with van der Waals surface area (Å²) in [6.45, 7) is 2.11. The third-order valence-corrected chi connectivity index (χ3v) is 2.81. The molecular formula is C15H17FN2. The second-order valence-corrected chi connectivity index (χ2v) is 4.17. The molecule has 0 fully saturated rings. The number of halogens is 1. The van der Waals surface area contributed by atoms with Crippen LogP contribution >= 0.6 is 0 Å². The maximum atomic E-state index is 12.9. The summed E-state index contributed by atoms with van der Waals surface area (Å²) < 4.78 is 12.9. The maximum absolute atomic E-state index is 12.9. The normalized spacial score (nSPS) is 10.3. The Hall–Kier alpha value is -1.87. The predicted molar refractivity (Wildman–Crippen MR) is 72.9 cm³/mol. The molecule has 0 saturated heterocycles. The number of rotatable bonds is 5. The second-order valence-electron chi connectivity index (χ2n) is 4.17. The highest BCUT2D eigenvalue weighted by atomic mass is 19.1. The van der Waals surface area contributed by atoms with Gasteiger partial charge in [-0.1, -0.05) is 30.3 Å². The van der Waals surface area contributed by atoms with E-state index in [0.29, 0.717) is 6.54 Å². The lowest BCUT2D eigenvalue weighted by Crippen LogP contribution is -2.28. The van der Waals surface area contributed by atoms with Crippen LogP contribution in [0.5, 0.6) is 0 Å². The van der Waals surface area contributed by atoms with E-state index >= 15 is 0 Å². The Labute approximate surface area is 107 Å². The van der Waals surface area contributed by atoms with Gasteiger partial charge in [0.2, 0.25) is 0 Å². The van der Waals surface area contributed by atoms with E-state index in [2.05, 4.69) is 17.0 Å². The van der Waals surface area contributed by atoms with Gasteiger partial charge in [0.1, 0.15) is 5.82 Å². The van der Waals surface area contributed by atoms with Crippen LogP contribution in [-0.4, -0.2) is 13.1 Å². The van der Waals surface area contributed by atoms with Crippen LogP contribution in [0.4, 0.5) is 10.1 Å². The summed E-state index contributed by atoms with van der Waals surface area (Å²) >= 11 is 0. The van der Waals surface area contributed by atoms with Gasteiger partial charge in [0.15, 0.2) is 0 Å². The number of nitrogens with two attached hydrogens (primary N) is 1. The fourth-order valence-corrected chi connectivity index (χ4v) is 1.91. The van der Waals surface area contributed by atoms with Gasteiger partial charge in [-0.25, -0.2) is 4.39 Å². The Morgan fingerprint density at radius 2 is 1.61 bits per heavy atom. The molecule has 2 nitrogen and oxygen atoms in total. The van der Waals surface area contributed by atoms with Crippen molar-refractivity contribution in [3.8, 4) is 0 Å². The summed E-state index contributed by atoms with van der Waals surface area (Å²) in [5.74, 6) is -0.217. The number of benzene rings is 2. The molecule has 2 N–H and O–H groups in total. The van der Waals surface area contributed by atoms with E-state index in [0.717, 1.165) is 18.8 Å². The molecule has 0 heterocycles. The van der Waals surface area contributed by atoms with E-state index < -0.39 is 0 Å². The van der Waals surface area contributed by atoms with E-state index in [1.54, 1.807) is 12.1 Å². The summed E-state index contributed by atoms with van der Waals surface area (Å²) in [4.78, 5) is 2.15. The van der Waals surface area contributed by atoms with Crippen LogP contribution in [0.15, 0.2) is 54.6 Å². The van der Waals surface area contributed by atoms with Crippen molar-refractivity contribution in [2.75, 3.05) is 18.0 Å². The molecule has 2 rings (SSSR count). The van der Waals surface area contributed by atoms with E-state index in [4.69, 9.17) is 5.73 Å². The van der Waals surface area contributed by atoms with Crippen LogP contribution in [0.2, 0.25) is 0 Å². The zero-order valence-corrected chi connectivity index (χ0v) is 10.2. The molecule has 0 aromatic heterocycles.